The molecule has 0 saturated heterocycles. The fraction of sp³-hybridized carbons (Fsp3) is 1.00. The van der Waals surface area contributed by atoms with Crippen LogP contribution in [0.1, 0.15) is 6.92 Å². The molecule has 0 aliphatic carbocycles. The molecule has 0 radical (unpaired) electrons. The van der Waals surface area contributed by atoms with Gasteiger partial charge in [0.05, 0.1) is 24.9 Å². The molecule has 0 rings (SSSR count). The summed E-state index contributed by atoms with van der Waals surface area (Å²) in [6.07, 6.45) is -1.72. The van der Waals surface area contributed by atoms with Crippen molar-refractivity contribution < 1.29 is 15.3 Å². The van der Waals surface area contributed by atoms with Crippen LogP contribution in [0.15, 0.2) is 0 Å². The van der Waals surface area contributed by atoms with Gasteiger partial charge >= 0.3 is 0 Å². The Balaban J connectivity index is 3.76. The van der Waals surface area contributed by atoms with Crippen molar-refractivity contribution in [2.24, 2.45) is 0 Å². The minimum Gasteiger partial charge on any atom is -0.395 e. The van der Waals surface area contributed by atoms with E-state index in [4.69, 9.17) is 15.3 Å². The van der Waals surface area contributed by atoms with Crippen LogP contribution in [0, 0.1) is 0 Å². The van der Waals surface area contributed by atoms with Crippen molar-refractivity contribution in [1.29, 1.82) is 0 Å². The van der Waals surface area contributed by atoms with E-state index in [2.05, 4.69) is 5.32 Å². The maximum absolute atomic E-state index is 9.11. The van der Waals surface area contributed by atoms with E-state index in [9.17, 15) is 0 Å². The van der Waals surface area contributed by atoms with Gasteiger partial charge in [0.2, 0.25) is 0 Å². The predicted molar refractivity (Wildman–Crippen MR) is 37.6 cm³/mol. The van der Waals surface area contributed by atoms with Crippen LogP contribution in [0.2, 0.25) is 0 Å². The fourth-order valence-electron chi connectivity index (χ4n) is 0.706. The van der Waals surface area contributed by atoms with Crippen LogP contribution in [0.5, 0.6) is 0 Å². The first-order valence-electron chi connectivity index (χ1n) is 3.27. The summed E-state index contributed by atoms with van der Waals surface area (Å²) in [5, 5.41) is 29.3. The fourth-order valence-corrected chi connectivity index (χ4v) is 0.706. The van der Waals surface area contributed by atoms with Crippen LogP contribution >= 0.6 is 0 Å². The van der Waals surface area contributed by atoms with E-state index in [1.165, 1.54) is 6.92 Å². The van der Waals surface area contributed by atoms with E-state index in [1.807, 2.05) is 0 Å². The summed E-state index contributed by atoms with van der Waals surface area (Å²) >= 11 is 0. The topological polar surface area (TPSA) is 72.7 Å². The van der Waals surface area contributed by atoms with E-state index in [0.29, 0.717) is 0 Å². The van der Waals surface area contributed by atoms with Gasteiger partial charge in [-0.2, -0.15) is 0 Å². The summed E-state index contributed by atoms with van der Waals surface area (Å²) in [6.45, 7) is 1.30. The van der Waals surface area contributed by atoms with Crippen molar-refractivity contribution in [3.05, 3.63) is 0 Å². The Labute approximate surface area is 60.5 Å². The second-order valence-electron chi connectivity index (χ2n) is 2.31. The third kappa shape index (κ3) is 2.62. The number of hydrogen-bond donors (Lipinski definition) is 4. The Kier molecular flexibility index (Phi) is 4.55. The Morgan fingerprint density at radius 2 is 1.90 bits per heavy atom. The average molecular weight is 149 g/mol. The van der Waals surface area contributed by atoms with E-state index in [-0.39, 0.29) is 6.61 Å². The van der Waals surface area contributed by atoms with Gasteiger partial charge in [0.1, 0.15) is 0 Å². The van der Waals surface area contributed by atoms with Gasteiger partial charge in [-0.05, 0) is 14.0 Å². The molecule has 0 aromatic carbocycles. The highest BCUT2D eigenvalue weighted by Gasteiger charge is 2.20. The number of likely N-dealkylation sites (N-methyl/N-ethyl adjacent to an activating group) is 1. The summed E-state index contributed by atoms with van der Waals surface area (Å²) in [5.74, 6) is 0. The summed E-state index contributed by atoms with van der Waals surface area (Å²) in [4.78, 5) is 0. The summed E-state index contributed by atoms with van der Waals surface area (Å²) in [5.41, 5.74) is 0. The number of aliphatic hydroxyl groups is 3. The lowest BCUT2D eigenvalue weighted by molar-refractivity contribution is -0.00500. The molecule has 3 unspecified atom stereocenters. The van der Waals surface area contributed by atoms with Crippen molar-refractivity contribution in [1.82, 2.24) is 5.32 Å². The summed E-state index contributed by atoms with van der Waals surface area (Å²) in [7, 11) is 1.62. The number of aliphatic hydroxyl groups excluding tert-OH is 3. The molecule has 0 spiro atoms. The highest BCUT2D eigenvalue weighted by atomic mass is 16.3. The molecule has 0 aromatic heterocycles. The molecule has 0 aliphatic rings. The average Bonchev–Trinajstić information content (AvgIpc) is 1.90. The third-order valence-corrected chi connectivity index (χ3v) is 1.47. The minimum atomic E-state index is -0.907. The highest BCUT2D eigenvalue weighted by Crippen LogP contribution is 1.97. The molecule has 0 aromatic rings. The quantitative estimate of drug-likeness (QED) is 0.385. The van der Waals surface area contributed by atoms with Crippen LogP contribution in [-0.2, 0) is 0 Å². The second-order valence-corrected chi connectivity index (χ2v) is 2.31. The zero-order chi connectivity index (χ0) is 8.15. The van der Waals surface area contributed by atoms with Crippen LogP contribution in [0.3, 0.4) is 0 Å². The lowest BCUT2D eigenvalue weighted by Gasteiger charge is -2.22. The molecule has 0 bridgehead atoms. The SMILES string of the molecule is CNC(CO)C(O)C(C)O. The second kappa shape index (κ2) is 4.62. The molecule has 4 N–H and O–H groups in total. The number of rotatable bonds is 4. The summed E-state index contributed by atoms with van der Waals surface area (Å²) in [6, 6.07) is -0.444. The Morgan fingerprint density at radius 3 is 2.00 bits per heavy atom. The molecule has 0 amide bonds. The molecule has 0 aliphatic heterocycles. The van der Waals surface area contributed by atoms with E-state index in [1.54, 1.807) is 7.05 Å². The molecule has 0 saturated carbocycles. The maximum Gasteiger partial charge on any atom is 0.0971 e. The molecular weight excluding hydrogens is 134 g/mol. The Hall–Kier alpha value is -0.160. The molecular formula is C6H15NO3. The van der Waals surface area contributed by atoms with Crippen molar-refractivity contribution in [3.8, 4) is 0 Å². The van der Waals surface area contributed by atoms with Crippen molar-refractivity contribution in [3.63, 3.8) is 0 Å². The lowest BCUT2D eigenvalue weighted by Crippen LogP contribution is -2.46. The molecule has 4 nitrogen and oxygen atoms in total. The van der Waals surface area contributed by atoms with Gasteiger partial charge in [-0.15, -0.1) is 0 Å². The van der Waals surface area contributed by atoms with Crippen molar-refractivity contribution in [2.75, 3.05) is 13.7 Å². The summed E-state index contributed by atoms with van der Waals surface area (Å²) < 4.78 is 0. The highest BCUT2D eigenvalue weighted by molar-refractivity contribution is 4.76. The Morgan fingerprint density at radius 1 is 1.40 bits per heavy atom. The molecule has 0 fully saturated rings. The van der Waals surface area contributed by atoms with Crippen LogP contribution in [-0.4, -0.2) is 47.2 Å². The van der Waals surface area contributed by atoms with Crippen LogP contribution < -0.4 is 5.32 Å². The van der Waals surface area contributed by atoms with Crippen molar-refractivity contribution >= 4 is 0 Å². The van der Waals surface area contributed by atoms with E-state index >= 15 is 0 Å². The number of nitrogens with one attached hydrogen (secondary N) is 1. The van der Waals surface area contributed by atoms with Gasteiger partial charge in [-0.1, -0.05) is 0 Å². The molecule has 10 heavy (non-hydrogen) atoms. The number of hydrogen-bond acceptors (Lipinski definition) is 4. The molecule has 0 heterocycles. The van der Waals surface area contributed by atoms with Gasteiger partial charge in [0.25, 0.3) is 0 Å². The van der Waals surface area contributed by atoms with Gasteiger partial charge in [0.15, 0.2) is 0 Å². The predicted octanol–water partition coefficient (Wildman–Crippen LogP) is -1.69. The lowest BCUT2D eigenvalue weighted by atomic mass is 10.1. The molecule has 62 valence electrons. The van der Waals surface area contributed by atoms with Gasteiger partial charge in [-0.25, -0.2) is 0 Å². The molecule has 3 atom stereocenters. The van der Waals surface area contributed by atoms with E-state index < -0.39 is 18.2 Å². The smallest absolute Gasteiger partial charge is 0.0971 e. The van der Waals surface area contributed by atoms with Crippen molar-refractivity contribution in [2.45, 2.75) is 25.2 Å². The van der Waals surface area contributed by atoms with Gasteiger partial charge in [-0.3, -0.25) is 0 Å². The monoisotopic (exact) mass is 149 g/mol. The standard InChI is InChI=1S/C6H15NO3/c1-4(9)6(10)5(3-8)7-2/h4-10H,3H2,1-2H3. The third-order valence-electron chi connectivity index (χ3n) is 1.47. The Bertz CT molecular complexity index is 83.1. The molecule has 4 heteroatoms. The van der Waals surface area contributed by atoms with Gasteiger partial charge < -0.3 is 20.6 Å². The first kappa shape index (κ1) is 9.84. The first-order valence-corrected chi connectivity index (χ1v) is 3.27. The zero-order valence-electron chi connectivity index (χ0n) is 6.28. The minimum absolute atomic E-state index is 0.178. The largest absolute Gasteiger partial charge is 0.395 e. The van der Waals surface area contributed by atoms with Crippen LogP contribution in [0.4, 0.5) is 0 Å². The maximum atomic E-state index is 9.11. The first-order chi connectivity index (χ1) is 4.63. The van der Waals surface area contributed by atoms with E-state index in [0.717, 1.165) is 0 Å². The zero-order valence-corrected chi connectivity index (χ0v) is 6.28. The van der Waals surface area contributed by atoms with Crippen LogP contribution in [0.25, 0.3) is 0 Å². The normalized spacial score (nSPS) is 20.1. The van der Waals surface area contributed by atoms with Gasteiger partial charge in [0, 0.05) is 0 Å².